The second-order valence-electron chi connectivity index (χ2n) is 6.70. The second-order valence-corrected chi connectivity index (χ2v) is 6.70. The molecule has 0 aromatic heterocycles. The molecule has 1 aliphatic heterocycles. The Morgan fingerprint density at radius 1 is 0.870 bits per heavy atom. The summed E-state index contributed by atoms with van der Waals surface area (Å²) in [5.74, 6) is 0.594. The monoisotopic (exact) mass is 305 g/mol. The second kappa shape index (κ2) is 7.72. The van der Waals surface area contributed by atoms with Crippen molar-refractivity contribution in [3.63, 3.8) is 0 Å². The van der Waals surface area contributed by atoms with Crippen molar-refractivity contribution >= 4 is 23.6 Å². The van der Waals surface area contributed by atoms with E-state index in [-0.39, 0.29) is 0 Å². The molecule has 120 valence electrons. The molecule has 0 saturated heterocycles. The Bertz CT molecular complexity index is 610. The highest BCUT2D eigenvalue weighted by atomic mass is 15.2. The molecule has 1 heterocycles. The zero-order valence-corrected chi connectivity index (χ0v) is 14.5. The summed E-state index contributed by atoms with van der Waals surface area (Å²) in [7, 11) is 0. The molecule has 2 aromatic carbocycles. The Morgan fingerprint density at radius 2 is 1.61 bits per heavy atom. The first-order valence-electron chi connectivity index (χ1n) is 9.30. The number of anilines is 2. The van der Waals surface area contributed by atoms with Crippen LogP contribution in [0.1, 0.15) is 46.0 Å². The van der Waals surface area contributed by atoms with Crippen molar-refractivity contribution in [2.24, 2.45) is 0 Å². The van der Waals surface area contributed by atoms with Crippen LogP contribution in [-0.2, 0) is 0 Å². The van der Waals surface area contributed by atoms with E-state index in [1.165, 1.54) is 49.8 Å². The third-order valence-electron chi connectivity index (χ3n) is 5.21. The summed E-state index contributed by atoms with van der Waals surface area (Å²) >= 11 is 0. The number of fused-ring (bicyclic) bond motifs is 1. The molecule has 1 atom stereocenters. The van der Waals surface area contributed by atoms with Crippen molar-refractivity contribution in [3.8, 4) is 0 Å². The summed E-state index contributed by atoms with van der Waals surface area (Å²) in [6, 6.07) is 20.0. The number of benzene rings is 2. The minimum Gasteiger partial charge on any atom is -0.346 e. The molecule has 0 spiro atoms. The number of hydrogen-bond acceptors (Lipinski definition) is 1. The van der Waals surface area contributed by atoms with Crippen LogP contribution >= 0.6 is 0 Å². The van der Waals surface area contributed by atoms with E-state index >= 15 is 0 Å². The first-order valence-corrected chi connectivity index (χ1v) is 9.30. The van der Waals surface area contributed by atoms with Gasteiger partial charge in [0, 0.05) is 17.3 Å². The van der Waals surface area contributed by atoms with Crippen molar-refractivity contribution in [2.75, 3.05) is 4.90 Å². The minimum atomic E-state index is 0.594. The van der Waals surface area contributed by atoms with E-state index in [1.807, 2.05) is 0 Å². The van der Waals surface area contributed by atoms with Crippen molar-refractivity contribution in [2.45, 2.75) is 58.2 Å². The van der Waals surface area contributed by atoms with E-state index in [0.29, 0.717) is 12.7 Å². The van der Waals surface area contributed by atoms with Crippen LogP contribution in [0.5, 0.6) is 0 Å². The van der Waals surface area contributed by atoms with Gasteiger partial charge in [0.15, 0.2) is 0 Å². The molecule has 2 heteroatoms. The predicted octanol–water partition coefficient (Wildman–Crippen LogP) is 5.44. The molecule has 0 radical (unpaired) electrons. The highest BCUT2D eigenvalue weighted by molar-refractivity contribution is 6.78. The standard InChI is InChI=1S/C21H28BN/c1-3-5-6-12-17-22-19-15-10-11-16-20(19)23(21(22)4-2)18-13-8-7-9-14-18/h7-11,13-16,21H,3-6,12,17H2,1-2H3. The summed E-state index contributed by atoms with van der Waals surface area (Å²) in [4.78, 5) is 2.58. The van der Waals surface area contributed by atoms with Crippen LogP contribution in [0, 0.1) is 0 Å². The maximum absolute atomic E-state index is 2.58. The van der Waals surface area contributed by atoms with Gasteiger partial charge < -0.3 is 4.90 Å². The van der Waals surface area contributed by atoms with Crippen molar-refractivity contribution in [1.82, 2.24) is 0 Å². The Hall–Kier alpha value is -1.70. The molecular weight excluding hydrogens is 277 g/mol. The van der Waals surface area contributed by atoms with Crippen molar-refractivity contribution in [1.29, 1.82) is 0 Å². The Balaban J connectivity index is 1.89. The van der Waals surface area contributed by atoms with Gasteiger partial charge >= 0.3 is 0 Å². The van der Waals surface area contributed by atoms with Gasteiger partial charge in [-0.2, -0.15) is 0 Å². The molecule has 0 fully saturated rings. The van der Waals surface area contributed by atoms with Gasteiger partial charge in [0.2, 0.25) is 6.71 Å². The lowest BCUT2D eigenvalue weighted by Gasteiger charge is -2.29. The molecule has 0 saturated carbocycles. The quantitative estimate of drug-likeness (QED) is 0.486. The Kier molecular flexibility index (Phi) is 5.43. The third-order valence-corrected chi connectivity index (χ3v) is 5.21. The normalized spacial score (nSPS) is 16.7. The van der Waals surface area contributed by atoms with Crippen LogP contribution in [0.4, 0.5) is 11.4 Å². The number of unbranched alkanes of at least 4 members (excludes halogenated alkanes) is 3. The van der Waals surface area contributed by atoms with Crippen LogP contribution in [0.25, 0.3) is 0 Å². The average molecular weight is 305 g/mol. The van der Waals surface area contributed by atoms with Crippen molar-refractivity contribution < 1.29 is 0 Å². The summed E-state index contributed by atoms with van der Waals surface area (Å²) in [6.45, 7) is 5.30. The van der Waals surface area contributed by atoms with Gasteiger partial charge in [0.25, 0.3) is 0 Å². The summed E-state index contributed by atoms with van der Waals surface area (Å²) in [6.07, 6.45) is 7.92. The van der Waals surface area contributed by atoms with Crippen LogP contribution in [0.3, 0.4) is 0 Å². The minimum absolute atomic E-state index is 0.594. The third kappa shape index (κ3) is 3.31. The van der Waals surface area contributed by atoms with Gasteiger partial charge in [-0.05, 0) is 24.6 Å². The first kappa shape index (κ1) is 16.2. The fraction of sp³-hybridized carbons (Fsp3) is 0.429. The van der Waals surface area contributed by atoms with Crippen LogP contribution in [-0.4, -0.2) is 12.7 Å². The molecule has 0 aliphatic carbocycles. The molecule has 1 nitrogen and oxygen atoms in total. The van der Waals surface area contributed by atoms with Crippen LogP contribution in [0.15, 0.2) is 54.6 Å². The van der Waals surface area contributed by atoms with Gasteiger partial charge in [0.1, 0.15) is 0 Å². The van der Waals surface area contributed by atoms with Crippen LogP contribution < -0.4 is 10.4 Å². The summed E-state index contributed by atoms with van der Waals surface area (Å²) < 4.78 is 0. The molecule has 23 heavy (non-hydrogen) atoms. The fourth-order valence-corrected chi connectivity index (χ4v) is 4.11. The van der Waals surface area contributed by atoms with Gasteiger partial charge in [0.05, 0.1) is 0 Å². The molecule has 3 rings (SSSR count). The van der Waals surface area contributed by atoms with Gasteiger partial charge in [-0.15, -0.1) is 0 Å². The lowest BCUT2D eigenvalue weighted by molar-refractivity contribution is 0.694. The average Bonchev–Trinajstić information content (AvgIpc) is 2.93. The Morgan fingerprint density at radius 3 is 2.35 bits per heavy atom. The molecule has 0 amide bonds. The predicted molar refractivity (Wildman–Crippen MR) is 103 cm³/mol. The zero-order valence-electron chi connectivity index (χ0n) is 14.5. The SMILES string of the molecule is CCCCCCB1c2ccccc2N(c2ccccc2)C1CC. The maximum Gasteiger partial charge on any atom is 0.205 e. The molecule has 2 aromatic rings. The van der Waals surface area contributed by atoms with E-state index in [1.54, 1.807) is 5.46 Å². The lowest BCUT2D eigenvalue weighted by atomic mass is 9.38. The smallest absolute Gasteiger partial charge is 0.205 e. The summed E-state index contributed by atoms with van der Waals surface area (Å²) in [5.41, 5.74) is 4.31. The van der Waals surface area contributed by atoms with E-state index < -0.39 is 0 Å². The van der Waals surface area contributed by atoms with Crippen molar-refractivity contribution in [3.05, 3.63) is 54.6 Å². The van der Waals surface area contributed by atoms with Gasteiger partial charge in [-0.1, -0.05) is 87.7 Å². The zero-order chi connectivity index (χ0) is 16.1. The fourth-order valence-electron chi connectivity index (χ4n) is 4.11. The molecule has 1 unspecified atom stereocenters. The molecule has 0 bridgehead atoms. The first-order chi connectivity index (χ1) is 11.4. The number of hydrogen-bond donors (Lipinski definition) is 0. The van der Waals surface area contributed by atoms with Crippen LogP contribution in [0.2, 0.25) is 6.32 Å². The Labute approximate surface area is 141 Å². The number of para-hydroxylation sites is 2. The molecule has 0 N–H and O–H groups in total. The van der Waals surface area contributed by atoms with Gasteiger partial charge in [-0.25, -0.2) is 0 Å². The maximum atomic E-state index is 2.58. The lowest BCUT2D eigenvalue weighted by Crippen LogP contribution is -2.41. The number of nitrogens with zero attached hydrogens (tertiary/aromatic N) is 1. The van der Waals surface area contributed by atoms with E-state index in [2.05, 4.69) is 73.3 Å². The highest BCUT2D eigenvalue weighted by Crippen LogP contribution is 2.35. The van der Waals surface area contributed by atoms with Gasteiger partial charge in [-0.3, -0.25) is 0 Å². The topological polar surface area (TPSA) is 3.24 Å². The molecule has 1 aliphatic rings. The highest BCUT2D eigenvalue weighted by Gasteiger charge is 2.39. The van der Waals surface area contributed by atoms with E-state index in [9.17, 15) is 0 Å². The molecular formula is C21H28BN. The summed E-state index contributed by atoms with van der Waals surface area (Å²) in [5, 5.41) is 0. The number of rotatable bonds is 7. The van der Waals surface area contributed by atoms with E-state index in [4.69, 9.17) is 0 Å². The largest absolute Gasteiger partial charge is 0.346 e. The van der Waals surface area contributed by atoms with E-state index in [0.717, 1.165) is 0 Å².